The van der Waals surface area contributed by atoms with Crippen molar-refractivity contribution in [3.8, 4) is 11.5 Å². The van der Waals surface area contributed by atoms with Gasteiger partial charge < -0.3 is 19.5 Å². The van der Waals surface area contributed by atoms with Crippen LogP contribution in [0.5, 0.6) is 11.5 Å². The number of ether oxygens (including phenoxy) is 3. The lowest BCUT2D eigenvalue weighted by Crippen LogP contribution is -2.16. The fourth-order valence-corrected chi connectivity index (χ4v) is 5.89. The van der Waals surface area contributed by atoms with E-state index in [9.17, 15) is 17.8 Å². The summed E-state index contributed by atoms with van der Waals surface area (Å²) in [5, 5.41) is 43.8. The number of methoxy groups -OCH3 is 1. The lowest BCUT2D eigenvalue weighted by Gasteiger charge is -2.12. The Morgan fingerprint density at radius 1 is 0.898 bits per heavy atom. The number of nitrogens with zero attached hydrogens (tertiary/aromatic N) is 4. The molecule has 4 aromatic carbocycles. The summed E-state index contributed by atoms with van der Waals surface area (Å²) >= 11 is 1.24. The molecule has 0 radical (unpaired) electrons. The number of azo groups is 2. The van der Waals surface area contributed by atoms with E-state index in [-0.39, 0.29) is 51.3 Å². The average molecular weight is 734 g/mol. The number of hydrogen-bond acceptors (Lipinski definition) is 18. The molecule has 4 aromatic rings. The van der Waals surface area contributed by atoms with Gasteiger partial charge in [-0.1, -0.05) is 16.1 Å². The molecule has 0 aliphatic carbocycles. The zero-order valence-electron chi connectivity index (χ0n) is 25.0. The van der Waals surface area contributed by atoms with Gasteiger partial charge in [-0.15, -0.1) is 18.9 Å². The van der Waals surface area contributed by atoms with Crippen molar-refractivity contribution in [2.75, 3.05) is 19.2 Å². The second-order valence-corrected chi connectivity index (χ2v) is 12.4. The van der Waals surface area contributed by atoms with Crippen molar-refractivity contribution in [3.63, 3.8) is 0 Å². The highest BCUT2D eigenvalue weighted by Gasteiger charge is 2.20. The van der Waals surface area contributed by atoms with Gasteiger partial charge in [-0.25, -0.2) is 10.5 Å². The van der Waals surface area contributed by atoms with Gasteiger partial charge in [-0.2, -0.15) is 18.6 Å². The topological polar surface area (TPSA) is 238 Å². The highest BCUT2D eigenvalue weighted by atomic mass is 32.2. The summed E-state index contributed by atoms with van der Waals surface area (Å²) in [6.07, 6.45) is 0. The third kappa shape index (κ3) is 9.07. The van der Waals surface area contributed by atoms with Crippen molar-refractivity contribution >= 4 is 73.6 Å². The molecule has 0 saturated heterocycles. The number of nitrogens with one attached hydrogen (secondary N) is 1. The molecule has 18 nitrogen and oxygen atoms in total. The van der Waals surface area contributed by atoms with Crippen LogP contribution in [-0.2, 0) is 38.4 Å². The summed E-state index contributed by atoms with van der Waals surface area (Å²) in [5.41, 5.74) is 0.913. The number of benzene rings is 4. The highest BCUT2D eigenvalue weighted by Crippen LogP contribution is 2.37. The van der Waals surface area contributed by atoms with Crippen LogP contribution in [0, 0.1) is 0 Å². The molecule has 1 amide bonds. The molecule has 5 rings (SSSR count). The second kappa shape index (κ2) is 16.1. The van der Waals surface area contributed by atoms with E-state index in [1.807, 2.05) is 0 Å². The number of rotatable bonds is 12. The van der Waals surface area contributed by atoms with E-state index in [0.717, 1.165) is 6.07 Å². The van der Waals surface area contributed by atoms with Gasteiger partial charge in [-0.3, -0.25) is 9.35 Å². The van der Waals surface area contributed by atoms with Gasteiger partial charge in [0, 0.05) is 21.2 Å². The summed E-state index contributed by atoms with van der Waals surface area (Å²) in [7, 11) is -3.27. The molecule has 1 aliphatic heterocycles. The second-order valence-electron chi connectivity index (χ2n) is 9.43. The fraction of sp³-hybridized carbons (Fsp3) is 0.107. The molecule has 1 heterocycles. The first-order valence-electron chi connectivity index (χ1n) is 13.4. The quantitative estimate of drug-likeness (QED) is 0.0359. The summed E-state index contributed by atoms with van der Waals surface area (Å²) in [6.45, 7) is 1.28. The largest absolute Gasteiger partial charge is 0.494 e. The van der Waals surface area contributed by atoms with Gasteiger partial charge in [0.25, 0.3) is 16.0 Å². The maximum atomic E-state index is 13.3. The van der Waals surface area contributed by atoms with Crippen molar-refractivity contribution in [3.05, 3.63) is 78.2 Å². The first kappa shape index (κ1) is 35.6. The maximum Gasteiger partial charge on any atom is 0.295 e. The zero-order chi connectivity index (χ0) is 35.0. The Morgan fingerprint density at radius 2 is 1.61 bits per heavy atom. The number of anilines is 1. The third-order valence-electron chi connectivity index (χ3n) is 6.41. The van der Waals surface area contributed by atoms with Gasteiger partial charge in [0.2, 0.25) is 6.79 Å². The smallest absolute Gasteiger partial charge is 0.295 e. The zero-order valence-corrected chi connectivity index (χ0v) is 27.4. The minimum absolute atomic E-state index is 0.125. The van der Waals surface area contributed by atoms with Gasteiger partial charge in [0.15, 0.2) is 11.4 Å². The van der Waals surface area contributed by atoms with Crippen molar-refractivity contribution in [1.29, 1.82) is 0 Å². The number of carbonyl (C=O) groups is 1. The van der Waals surface area contributed by atoms with Crippen LogP contribution in [-0.4, -0.2) is 43.3 Å². The highest BCUT2D eigenvalue weighted by molar-refractivity contribution is 7.94. The molecule has 0 saturated carbocycles. The molecule has 49 heavy (non-hydrogen) atoms. The predicted octanol–water partition coefficient (Wildman–Crippen LogP) is 7.69. The molecule has 0 aromatic heterocycles. The lowest BCUT2D eigenvalue weighted by atomic mass is 10.1. The van der Waals surface area contributed by atoms with Crippen LogP contribution in [0.3, 0.4) is 0 Å². The van der Waals surface area contributed by atoms with Crippen LogP contribution in [0.25, 0.3) is 10.8 Å². The maximum absolute atomic E-state index is 13.3. The van der Waals surface area contributed by atoms with E-state index in [4.69, 9.17) is 24.7 Å². The summed E-state index contributed by atoms with van der Waals surface area (Å²) in [5.74, 6) is -0.0194. The van der Waals surface area contributed by atoms with Crippen molar-refractivity contribution < 1.29 is 61.2 Å². The van der Waals surface area contributed by atoms with E-state index in [1.54, 1.807) is 36.4 Å². The van der Waals surface area contributed by atoms with Gasteiger partial charge in [-0.05, 0) is 66.9 Å². The van der Waals surface area contributed by atoms with Crippen LogP contribution in [0.1, 0.15) is 6.92 Å². The van der Waals surface area contributed by atoms with Crippen molar-refractivity contribution in [2.45, 2.75) is 21.6 Å². The molecular formula is C28H23N5O13S3. The van der Waals surface area contributed by atoms with E-state index in [2.05, 4.69) is 44.5 Å². The Balaban J connectivity index is 1.36. The molecule has 21 heteroatoms. The Hall–Kier alpha value is -4.68. The van der Waals surface area contributed by atoms with E-state index < -0.39 is 20.9 Å². The summed E-state index contributed by atoms with van der Waals surface area (Å²) in [6, 6.07) is 16.5. The average Bonchev–Trinajstić information content (AvgIpc) is 3.16. The first-order valence-corrected chi connectivity index (χ1v) is 16.3. The molecular weight excluding hydrogens is 711 g/mol. The molecule has 0 fully saturated rings. The number of amides is 1. The minimum Gasteiger partial charge on any atom is -0.494 e. The lowest BCUT2D eigenvalue weighted by molar-refractivity contribution is -0.432. The van der Waals surface area contributed by atoms with E-state index >= 15 is 0 Å². The standard InChI is InChI=1S/C28H23N5O13S3/c1-15-27(33-32-23-12-19(47-45-43-35)6-8-24(23)42-14-41-15)28(34)29-22-7-5-18(11-25(22)40-2)31-30-17-4-3-16-9-20(48-46-44-36)13-26(21(16)10-17)49(37,38)39/h3-13,35-36H,14H2,1-2H3,(H,29,34)(H,37,38,39)/b27-15-,31-30?,33-32?. The molecule has 0 unspecified atom stereocenters. The predicted molar refractivity (Wildman–Crippen MR) is 171 cm³/mol. The number of hydrogen-bond donors (Lipinski definition) is 4. The Labute approximate surface area is 285 Å². The number of allylic oxidation sites excluding steroid dienone is 1. The van der Waals surface area contributed by atoms with E-state index in [0.29, 0.717) is 45.8 Å². The van der Waals surface area contributed by atoms with E-state index in [1.165, 1.54) is 38.3 Å². The molecule has 1 aliphatic rings. The minimum atomic E-state index is -4.66. The molecule has 0 bridgehead atoms. The van der Waals surface area contributed by atoms with Gasteiger partial charge in [0.05, 0.1) is 48.3 Å². The van der Waals surface area contributed by atoms with Gasteiger partial charge >= 0.3 is 0 Å². The molecule has 4 N–H and O–H groups in total. The summed E-state index contributed by atoms with van der Waals surface area (Å²) in [4.78, 5) is 13.6. The molecule has 0 spiro atoms. The van der Waals surface area contributed by atoms with Crippen LogP contribution in [0.15, 0.2) is 113 Å². The number of carbonyl (C=O) groups excluding carboxylic acids is 1. The number of fused-ring (bicyclic) bond motifs is 2. The van der Waals surface area contributed by atoms with Crippen LogP contribution >= 0.6 is 24.1 Å². The van der Waals surface area contributed by atoms with Crippen molar-refractivity contribution in [2.24, 2.45) is 20.5 Å². The Bertz CT molecular complexity index is 2080. The monoisotopic (exact) mass is 733 g/mol. The Morgan fingerprint density at radius 3 is 2.33 bits per heavy atom. The van der Waals surface area contributed by atoms with Crippen molar-refractivity contribution in [1.82, 2.24) is 0 Å². The summed E-state index contributed by atoms with van der Waals surface area (Å²) < 4.78 is 59.3. The van der Waals surface area contributed by atoms with Crippen LogP contribution < -0.4 is 14.8 Å². The SMILES string of the molecule is COc1cc(N=Nc2ccc3cc(SOOO)cc(S(=O)(=O)O)c3c2)ccc1NC(=O)/C1=C(\C)OCOc2ccc(SOOO)cc2N=N1. The normalized spacial score (nSPS) is 14.8. The van der Waals surface area contributed by atoms with Gasteiger partial charge in [0.1, 0.15) is 22.1 Å². The van der Waals surface area contributed by atoms with Crippen LogP contribution in [0.4, 0.5) is 22.7 Å². The molecule has 0 atom stereocenters. The molecule has 256 valence electrons. The Kier molecular flexibility index (Phi) is 11.7. The first-order chi connectivity index (χ1) is 23.6. The van der Waals surface area contributed by atoms with Crippen LogP contribution in [0.2, 0.25) is 0 Å². The fourth-order valence-electron chi connectivity index (χ4n) is 4.24. The third-order valence-corrected chi connectivity index (χ3v) is 8.44.